The molecule has 3 aromatic rings. The molecular weight excluding hydrogens is 439 g/mol. The van der Waals surface area contributed by atoms with Gasteiger partial charge in [0.1, 0.15) is 23.9 Å². The van der Waals surface area contributed by atoms with Gasteiger partial charge in [-0.2, -0.15) is 4.98 Å². The first kappa shape index (κ1) is 23.7. The van der Waals surface area contributed by atoms with Crippen molar-refractivity contribution in [1.82, 2.24) is 20.4 Å². The molecule has 1 saturated heterocycles. The molecule has 1 amide bonds. The summed E-state index contributed by atoms with van der Waals surface area (Å²) in [6, 6.07) is 13.2. The van der Waals surface area contributed by atoms with Crippen LogP contribution in [0.5, 0.6) is 11.5 Å². The molecule has 34 heavy (non-hydrogen) atoms. The Bertz CT molecular complexity index is 1070. The Kier molecular flexibility index (Phi) is 7.74. The predicted octanol–water partition coefficient (Wildman–Crippen LogP) is 3.68. The normalized spacial score (nSPS) is 17.2. The van der Waals surface area contributed by atoms with E-state index in [0.29, 0.717) is 37.0 Å². The summed E-state index contributed by atoms with van der Waals surface area (Å²) in [7, 11) is 1.62. The van der Waals surface area contributed by atoms with Gasteiger partial charge in [-0.25, -0.2) is 4.39 Å². The van der Waals surface area contributed by atoms with E-state index in [4.69, 9.17) is 14.0 Å². The first-order valence-corrected chi connectivity index (χ1v) is 11.4. The second-order valence-corrected chi connectivity index (χ2v) is 8.49. The van der Waals surface area contributed by atoms with Crippen LogP contribution in [0.25, 0.3) is 11.4 Å². The highest BCUT2D eigenvalue weighted by Gasteiger charge is 2.27. The molecule has 1 aliphatic heterocycles. The van der Waals surface area contributed by atoms with E-state index in [9.17, 15) is 9.18 Å². The maximum absolute atomic E-state index is 13.1. The van der Waals surface area contributed by atoms with Crippen LogP contribution in [0.15, 0.2) is 53.1 Å². The Morgan fingerprint density at radius 1 is 1.21 bits per heavy atom. The first-order valence-electron chi connectivity index (χ1n) is 11.4. The third-order valence-corrected chi connectivity index (χ3v) is 5.75. The average Bonchev–Trinajstić information content (AvgIpc) is 3.32. The summed E-state index contributed by atoms with van der Waals surface area (Å²) in [4.78, 5) is 19.4. The minimum absolute atomic E-state index is 0.0214. The van der Waals surface area contributed by atoms with E-state index in [1.165, 1.54) is 12.1 Å². The summed E-state index contributed by atoms with van der Waals surface area (Å²) in [5.41, 5.74) is 0.693. The molecule has 1 aromatic heterocycles. The van der Waals surface area contributed by atoms with Crippen LogP contribution in [-0.2, 0) is 11.3 Å². The van der Waals surface area contributed by atoms with Gasteiger partial charge in [0.15, 0.2) is 0 Å². The third-order valence-electron chi connectivity index (χ3n) is 5.75. The Morgan fingerprint density at radius 2 is 1.94 bits per heavy atom. The lowest BCUT2D eigenvalue weighted by atomic mass is 9.97. The first-order chi connectivity index (χ1) is 16.5. The molecule has 0 aliphatic carbocycles. The van der Waals surface area contributed by atoms with Gasteiger partial charge >= 0.3 is 0 Å². The van der Waals surface area contributed by atoms with Gasteiger partial charge < -0.3 is 19.3 Å². The number of methoxy groups -OCH3 is 1. The lowest BCUT2D eigenvalue weighted by molar-refractivity contribution is -0.127. The summed E-state index contributed by atoms with van der Waals surface area (Å²) in [6.45, 7) is 4.24. The van der Waals surface area contributed by atoms with Crippen LogP contribution in [0.2, 0.25) is 0 Å². The molecule has 180 valence electrons. The van der Waals surface area contributed by atoms with Crippen LogP contribution in [0, 0.1) is 11.7 Å². The van der Waals surface area contributed by atoms with Gasteiger partial charge in [0, 0.05) is 12.1 Å². The van der Waals surface area contributed by atoms with E-state index in [1.807, 2.05) is 31.2 Å². The van der Waals surface area contributed by atoms with Crippen LogP contribution in [0.3, 0.4) is 0 Å². The Morgan fingerprint density at radius 3 is 2.68 bits per heavy atom. The lowest BCUT2D eigenvalue weighted by Crippen LogP contribution is -2.46. The number of hydrogen-bond acceptors (Lipinski definition) is 7. The van der Waals surface area contributed by atoms with Gasteiger partial charge in [-0.15, -0.1) is 0 Å². The molecule has 1 N–H and O–H groups in total. The fourth-order valence-corrected chi connectivity index (χ4v) is 3.94. The monoisotopic (exact) mass is 468 g/mol. The Hall–Kier alpha value is -3.46. The van der Waals surface area contributed by atoms with Crippen molar-refractivity contribution in [2.75, 3.05) is 26.8 Å². The van der Waals surface area contributed by atoms with E-state index < -0.39 is 0 Å². The Labute approximate surface area is 198 Å². The van der Waals surface area contributed by atoms with Crippen LogP contribution in [0.1, 0.15) is 25.7 Å². The second kappa shape index (κ2) is 11.1. The van der Waals surface area contributed by atoms with Crippen LogP contribution < -0.4 is 14.8 Å². The number of nitrogens with zero attached hydrogens (tertiary/aromatic N) is 3. The molecule has 0 spiro atoms. The summed E-state index contributed by atoms with van der Waals surface area (Å²) in [5.74, 6) is 1.98. The van der Waals surface area contributed by atoms with Crippen LogP contribution >= 0.6 is 0 Å². The summed E-state index contributed by atoms with van der Waals surface area (Å²) in [5, 5.41) is 7.05. The number of rotatable bonds is 9. The number of piperidine rings is 1. The number of benzene rings is 2. The average molecular weight is 469 g/mol. The number of likely N-dealkylation sites (tertiary alicyclic amines) is 1. The van der Waals surface area contributed by atoms with Gasteiger partial charge in [-0.1, -0.05) is 5.16 Å². The highest BCUT2D eigenvalue weighted by molar-refractivity contribution is 5.79. The van der Waals surface area contributed by atoms with Crippen LogP contribution in [0.4, 0.5) is 4.39 Å². The molecule has 1 aliphatic rings. The van der Waals surface area contributed by atoms with Gasteiger partial charge in [-0.05, 0) is 74.8 Å². The van der Waals surface area contributed by atoms with E-state index in [0.717, 1.165) is 30.9 Å². The van der Waals surface area contributed by atoms with Gasteiger partial charge in [0.2, 0.25) is 17.6 Å². The minimum Gasteiger partial charge on any atom is -0.497 e. The van der Waals surface area contributed by atoms with E-state index in [1.54, 1.807) is 19.2 Å². The van der Waals surface area contributed by atoms with Crippen molar-refractivity contribution in [3.63, 3.8) is 0 Å². The lowest BCUT2D eigenvalue weighted by Gasteiger charge is -2.31. The molecular formula is C25H29FN4O4. The quantitative estimate of drug-likeness (QED) is 0.512. The topological polar surface area (TPSA) is 89.7 Å². The third kappa shape index (κ3) is 6.32. The van der Waals surface area contributed by atoms with Gasteiger partial charge in [-0.3, -0.25) is 9.69 Å². The highest BCUT2D eigenvalue weighted by atomic mass is 19.1. The molecule has 0 bridgehead atoms. The van der Waals surface area contributed by atoms with Crippen molar-refractivity contribution in [2.24, 2.45) is 5.92 Å². The van der Waals surface area contributed by atoms with E-state index >= 15 is 0 Å². The fraction of sp³-hybridized carbons (Fsp3) is 0.400. The zero-order valence-corrected chi connectivity index (χ0v) is 19.4. The second-order valence-electron chi connectivity index (χ2n) is 8.49. The number of carbonyl (C=O) groups is 1. The van der Waals surface area contributed by atoms with Crippen molar-refractivity contribution in [3.05, 3.63) is 60.2 Å². The predicted molar refractivity (Wildman–Crippen MR) is 124 cm³/mol. The zero-order chi connectivity index (χ0) is 23.9. The molecule has 8 nitrogen and oxygen atoms in total. The fourth-order valence-electron chi connectivity index (χ4n) is 3.94. The van der Waals surface area contributed by atoms with Gasteiger partial charge in [0.05, 0.1) is 25.6 Å². The minimum atomic E-state index is -0.313. The SMILES string of the molecule is COc1ccc(OCC(C)NC(=O)C2CCCN(Cc3nc(-c4ccc(F)cc4)no3)C2)cc1. The smallest absolute Gasteiger partial charge is 0.241 e. The Balaban J connectivity index is 1.25. The maximum Gasteiger partial charge on any atom is 0.241 e. The van der Waals surface area contributed by atoms with E-state index in [-0.39, 0.29) is 23.7 Å². The number of nitrogens with one attached hydrogen (secondary N) is 1. The molecule has 1 fully saturated rings. The molecule has 2 unspecified atom stereocenters. The number of hydrogen-bond donors (Lipinski definition) is 1. The van der Waals surface area contributed by atoms with Gasteiger partial charge in [0.25, 0.3) is 0 Å². The molecule has 2 atom stereocenters. The number of carbonyl (C=O) groups excluding carboxylic acids is 1. The molecule has 9 heteroatoms. The molecule has 4 rings (SSSR count). The number of halogens is 1. The number of aromatic nitrogens is 2. The summed E-state index contributed by atoms with van der Waals surface area (Å²) < 4.78 is 29.4. The van der Waals surface area contributed by atoms with Crippen molar-refractivity contribution in [2.45, 2.75) is 32.4 Å². The number of amides is 1. The standard InChI is InChI=1S/C25H29FN4O4/c1-17(16-33-22-11-9-21(32-2)10-12-22)27-25(31)19-4-3-13-30(14-19)15-23-28-24(29-34-23)18-5-7-20(26)8-6-18/h5-12,17,19H,3-4,13-16H2,1-2H3,(H,27,31). The largest absolute Gasteiger partial charge is 0.497 e. The van der Waals surface area contributed by atoms with E-state index in [2.05, 4.69) is 20.4 Å². The maximum atomic E-state index is 13.1. The molecule has 0 saturated carbocycles. The van der Waals surface area contributed by atoms with Crippen molar-refractivity contribution in [3.8, 4) is 22.9 Å². The number of ether oxygens (including phenoxy) is 2. The van der Waals surface area contributed by atoms with Crippen molar-refractivity contribution >= 4 is 5.91 Å². The van der Waals surface area contributed by atoms with Crippen LogP contribution in [-0.4, -0.2) is 53.8 Å². The zero-order valence-electron chi connectivity index (χ0n) is 19.4. The highest BCUT2D eigenvalue weighted by Crippen LogP contribution is 2.21. The summed E-state index contributed by atoms with van der Waals surface area (Å²) in [6.07, 6.45) is 1.74. The van der Waals surface area contributed by atoms with Crippen molar-refractivity contribution in [1.29, 1.82) is 0 Å². The van der Waals surface area contributed by atoms with Crippen molar-refractivity contribution < 1.29 is 23.2 Å². The molecule has 0 radical (unpaired) electrons. The summed E-state index contributed by atoms with van der Waals surface area (Å²) >= 11 is 0. The molecule has 2 aromatic carbocycles. The molecule has 2 heterocycles.